The van der Waals surface area contributed by atoms with E-state index in [9.17, 15) is 4.79 Å². The molecule has 1 aliphatic heterocycles. The van der Waals surface area contributed by atoms with Crippen LogP contribution in [0.5, 0.6) is 5.75 Å². The Bertz CT molecular complexity index is 1360. The summed E-state index contributed by atoms with van der Waals surface area (Å²) in [6, 6.07) is 21.2. The number of carbonyl (C=O) groups excluding carboxylic acids is 1. The molecule has 1 amide bonds. The maximum absolute atomic E-state index is 13.3. The van der Waals surface area contributed by atoms with E-state index in [2.05, 4.69) is 20.5 Å². The van der Waals surface area contributed by atoms with Crippen LogP contribution in [-0.2, 0) is 0 Å². The molecule has 0 unspecified atom stereocenters. The lowest BCUT2D eigenvalue weighted by molar-refractivity contribution is 0.102. The largest absolute Gasteiger partial charge is 0.493 e. The first kappa shape index (κ1) is 23.6. The SMILES string of the molecule is CCOc1ccc2ccccc2c1C(=O)Nc1ccc(Nc2cc(C)nc(N3CCCCC3)n2)cc1. The highest BCUT2D eigenvalue weighted by Crippen LogP contribution is 2.29. The third kappa shape index (κ3) is 5.25. The Balaban J connectivity index is 1.32. The van der Waals surface area contributed by atoms with Gasteiger partial charge in [-0.3, -0.25) is 4.79 Å². The van der Waals surface area contributed by atoms with Crippen LogP contribution < -0.4 is 20.3 Å². The van der Waals surface area contributed by atoms with Gasteiger partial charge in [-0.25, -0.2) is 4.98 Å². The molecule has 4 aromatic rings. The number of hydrogen-bond acceptors (Lipinski definition) is 6. The van der Waals surface area contributed by atoms with Crippen LogP contribution in [-0.4, -0.2) is 35.6 Å². The zero-order chi connectivity index (χ0) is 24.9. The summed E-state index contributed by atoms with van der Waals surface area (Å²) < 4.78 is 5.77. The molecule has 7 heteroatoms. The molecule has 0 spiro atoms. The van der Waals surface area contributed by atoms with E-state index in [4.69, 9.17) is 9.72 Å². The highest BCUT2D eigenvalue weighted by molar-refractivity contribution is 6.15. The molecule has 1 aromatic heterocycles. The molecule has 0 bridgehead atoms. The van der Waals surface area contributed by atoms with Crippen molar-refractivity contribution in [2.24, 2.45) is 0 Å². The first-order valence-electron chi connectivity index (χ1n) is 12.5. The number of ether oxygens (including phenoxy) is 1. The molecule has 7 nitrogen and oxygen atoms in total. The molecule has 36 heavy (non-hydrogen) atoms. The Morgan fingerprint density at radius 2 is 1.69 bits per heavy atom. The van der Waals surface area contributed by atoms with Crippen molar-refractivity contribution in [3.63, 3.8) is 0 Å². The van der Waals surface area contributed by atoms with Gasteiger partial charge in [-0.1, -0.05) is 30.3 Å². The Morgan fingerprint density at radius 1 is 0.944 bits per heavy atom. The fraction of sp³-hybridized carbons (Fsp3) is 0.276. The van der Waals surface area contributed by atoms with Crippen molar-refractivity contribution in [1.82, 2.24) is 9.97 Å². The van der Waals surface area contributed by atoms with Crippen LogP contribution in [0.25, 0.3) is 10.8 Å². The number of aryl methyl sites for hydroxylation is 1. The van der Waals surface area contributed by atoms with Crippen LogP contribution in [0.1, 0.15) is 42.2 Å². The molecule has 0 radical (unpaired) electrons. The van der Waals surface area contributed by atoms with Gasteiger partial charge in [0.25, 0.3) is 5.91 Å². The first-order valence-corrected chi connectivity index (χ1v) is 12.5. The minimum absolute atomic E-state index is 0.200. The van der Waals surface area contributed by atoms with Gasteiger partial charge in [0.05, 0.1) is 12.2 Å². The number of piperidine rings is 1. The van der Waals surface area contributed by atoms with E-state index in [1.807, 2.05) is 80.6 Å². The molecule has 1 aliphatic rings. The van der Waals surface area contributed by atoms with Crippen molar-refractivity contribution < 1.29 is 9.53 Å². The van der Waals surface area contributed by atoms with E-state index in [0.717, 1.165) is 47.0 Å². The van der Waals surface area contributed by atoms with Crippen LogP contribution in [0.15, 0.2) is 66.7 Å². The monoisotopic (exact) mass is 481 g/mol. The minimum Gasteiger partial charge on any atom is -0.493 e. The van der Waals surface area contributed by atoms with E-state index < -0.39 is 0 Å². The van der Waals surface area contributed by atoms with Gasteiger partial charge in [0.1, 0.15) is 11.6 Å². The quantitative estimate of drug-likeness (QED) is 0.321. The molecule has 3 aromatic carbocycles. The number of benzene rings is 3. The third-order valence-corrected chi connectivity index (χ3v) is 6.31. The number of amides is 1. The van der Waals surface area contributed by atoms with Crippen LogP contribution in [0.2, 0.25) is 0 Å². The molecular weight excluding hydrogens is 450 g/mol. The van der Waals surface area contributed by atoms with Gasteiger partial charge in [-0.15, -0.1) is 0 Å². The summed E-state index contributed by atoms with van der Waals surface area (Å²) in [6.45, 7) is 6.39. The van der Waals surface area contributed by atoms with Gasteiger partial charge in [0.2, 0.25) is 5.95 Å². The van der Waals surface area contributed by atoms with Crippen LogP contribution in [0.3, 0.4) is 0 Å². The van der Waals surface area contributed by atoms with Gasteiger partial charge in [0.15, 0.2) is 0 Å². The predicted octanol–water partition coefficient (Wildman–Crippen LogP) is 6.32. The van der Waals surface area contributed by atoms with Gasteiger partial charge in [-0.05, 0) is 74.2 Å². The maximum Gasteiger partial charge on any atom is 0.260 e. The summed E-state index contributed by atoms with van der Waals surface area (Å²) in [5.74, 6) is 1.92. The number of rotatable bonds is 7. The van der Waals surface area contributed by atoms with Crippen LogP contribution in [0, 0.1) is 6.92 Å². The van der Waals surface area contributed by atoms with E-state index >= 15 is 0 Å². The number of hydrogen-bond donors (Lipinski definition) is 2. The Hall–Kier alpha value is -4.13. The van der Waals surface area contributed by atoms with Crippen molar-refractivity contribution in [2.75, 3.05) is 35.2 Å². The van der Waals surface area contributed by atoms with E-state index in [0.29, 0.717) is 23.6 Å². The van der Waals surface area contributed by atoms with Crippen molar-refractivity contribution in [1.29, 1.82) is 0 Å². The van der Waals surface area contributed by atoms with Crippen LogP contribution >= 0.6 is 0 Å². The lowest BCUT2D eigenvalue weighted by Crippen LogP contribution is -2.31. The normalized spacial score (nSPS) is 13.4. The average molecular weight is 482 g/mol. The minimum atomic E-state index is -0.200. The summed E-state index contributed by atoms with van der Waals surface area (Å²) in [4.78, 5) is 24.9. The van der Waals surface area contributed by atoms with Crippen molar-refractivity contribution in [2.45, 2.75) is 33.1 Å². The van der Waals surface area contributed by atoms with Gasteiger partial charge in [0, 0.05) is 36.2 Å². The zero-order valence-electron chi connectivity index (χ0n) is 20.8. The molecule has 5 rings (SSSR count). The van der Waals surface area contributed by atoms with Crippen molar-refractivity contribution in [3.05, 3.63) is 78.0 Å². The molecule has 2 N–H and O–H groups in total. The molecular formula is C29H31N5O2. The van der Waals surface area contributed by atoms with Crippen LogP contribution in [0.4, 0.5) is 23.1 Å². The van der Waals surface area contributed by atoms with Crippen molar-refractivity contribution in [3.8, 4) is 5.75 Å². The number of anilines is 4. The molecule has 1 fully saturated rings. The van der Waals surface area contributed by atoms with Gasteiger partial charge < -0.3 is 20.3 Å². The third-order valence-electron chi connectivity index (χ3n) is 6.31. The number of fused-ring (bicyclic) bond motifs is 1. The second-order valence-corrected chi connectivity index (χ2v) is 8.99. The Labute approximate surface area is 211 Å². The highest BCUT2D eigenvalue weighted by atomic mass is 16.5. The summed E-state index contributed by atoms with van der Waals surface area (Å²) >= 11 is 0. The molecule has 0 aliphatic carbocycles. The first-order chi connectivity index (χ1) is 17.6. The van der Waals surface area contributed by atoms with E-state index in [-0.39, 0.29) is 5.91 Å². The lowest BCUT2D eigenvalue weighted by Gasteiger charge is -2.27. The average Bonchev–Trinajstić information content (AvgIpc) is 2.90. The number of nitrogens with one attached hydrogen (secondary N) is 2. The number of carbonyl (C=O) groups is 1. The summed E-state index contributed by atoms with van der Waals surface area (Å²) in [5.41, 5.74) is 3.06. The van der Waals surface area contributed by atoms with E-state index in [1.165, 1.54) is 19.3 Å². The maximum atomic E-state index is 13.3. The highest BCUT2D eigenvalue weighted by Gasteiger charge is 2.17. The lowest BCUT2D eigenvalue weighted by atomic mass is 10.0. The molecule has 1 saturated heterocycles. The Kier molecular flexibility index (Phi) is 6.98. The number of nitrogens with zero attached hydrogens (tertiary/aromatic N) is 3. The fourth-order valence-electron chi connectivity index (χ4n) is 4.59. The second kappa shape index (κ2) is 10.6. The summed E-state index contributed by atoms with van der Waals surface area (Å²) in [5, 5.41) is 8.26. The number of aromatic nitrogens is 2. The fourth-order valence-corrected chi connectivity index (χ4v) is 4.59. The van der Waals surface area contributed by atoms with Crippen molar-refractivity contribution >= 4 is 39.8 Å². The Morgan fingerprint density at radius 3 is 2.47 bits per heavy atom. The van der Waals surface area contributed by atoms with Gasteiger partial charge >= 0.3 is 0 Å². The second-order valence-electron chi connectivity index (χ2n) is 8.99. The molecule has 184 valence electrons. The standard InChI is InChI=1S/C29H31N5O2/c1-3-36-25-16-11-21-9-5-6-10-24(21)27(25)28(35)32-23-14-12-22(13-15-23)31-26-19-20(2)30-29(33-26)34-17-7-4-8-18-34/h5-6,9-16,19H,3-4,7-8,17-18H2,1-2H3,(H,32,35)(H,30,31,33). The van der Waals surface area contributed by atoms with E-state index in [1.54, 1.807) is 0 Å². The molecule has 2 heterocycles. The summed E-state index contributed by atoms with van der Waals surface area (Å²) in [6.07, 6.45) is 3.62. The molecule has 0 saturated carbocycles. The smallest absolute Gasteiger partial charge is 0.260 e. The zero-order valence-corrected chi connectivity index (χ0v) is 20.8. The summed E-state index contributed by atoms with van der Waals surface area (Å²) in [7, 11) is 0. The molecule has 0 atom stereocenters. The predicted molar refractivity (Wildman–Crippen MR) is 146 cm³/mol. The van der Waals surface area contributed by atoms with Gasteiger partial charge in [-0.2, -0.15) is 4.98 Å². The topological polar surface area (TPSA) is 79.4 Å².